The molecule has 3 aromatic rings. The van der Waals surface area contributed by atoms with Gasteiger partial charge < -0.3 is 15.2 Å². The number of hydrogen-bond acceptors (Lipinski definition) is 7. The van der Waals surface area contributed by atoms with Crippen molar-refractivity contribution >= 4 is 41.1 Å². The third-order valence-electron chi connectivity index (χ3n) is 5.45. The van der Waals surface area contributed by atoms with E-state index >= 15 is 0 Å². The number of nitrogens with zero attached hydrogens (tertiary/aromatic N) is 5. The zero-order valence-corrected chi connectivity index (χ0v) is 20.1. The summed E-state index contributed by atoms with van der Waals surface area (Å²) < 4.78 is 19.7. The van der Waals surface area contributed by atoms with Crippen molar-refractivity contribution in [1.29, 1.82) is 0 Å². The fraction of sp³-hybridized carbons (Fsp3) is 0.348. The Labute approximate surface area is 201 Å². The molecule has 4 amide bonds. The van der Waals surface area contributed by atoms with Crippen LogP contribution in [0.5, 0.6) is 0 Å². The molecule has 0 aliphatic carbocycles. The van der Waals surface area contributed by atoms with Gasteiger partial charge in [-0.15, -0.1) is 0 Å². The van der Waals surface area contributed by atoms with Crippen molar-refractivity contribution in [3.8, 4) is 0 Å². The number of carbonyl (C=O) groups is 2. The van der Waals surface area contributed by atoms with Crippen LogP contribution in [-0.4, -0.2) is 40.8 Å². The molecule has 0 unspecified atom stereocenters. The Bertz CT molecular complexity index is 1270. The molecular weight excluding hydrogens is 455 g/mol. The summed E-state index contributed by atoms with van der Waals surface area (Å²) in [4.78, 5) is 37.3. The third-order valence-corrected chi connectivity index (χ3v) is 5.45. The van der Waals surface area contributed by atoms with Gasteiger partial charge in [0.15, 0.2) is 0 Å². The maximum Gasteiger partial charge on any atom is 0.330 e. The van der Waals surface area contributed by atoms with Crippen LogP contribution in [0.1, 0.15) is 39.0 Å². The smallest absolute Gasteiger partial charge is 0.330 e. The zero-order chi connectivity index (χ0) is 25.3. The molecule has 2 aromatic heterocycles. The topological polar surface area (TPSA) is 129 Å². The van der Waals surface area contributed by atoms with Crippen LogP contribution in [0.15, 0.2) is 35.0 Å². The largest absolute Gasteiger partial charge is 0.357 e. The van der Waals surface area contributed by atoms with E-state index in [9.17, 15) is 14.0 Å². The monoisotopic (exact) mass is 482 g/mol. The molecule has 4 rings (SSSR count). The Morgan fingerprint density at radius 3 is 2.66 bits per heavy atom. The normalized spacial score (nSPS) is 13.5. The molecule has 0 radical (unpaired) electrons. The quantitative estimate of drug-likeness (QED) is 0.486. The van der Waals surface area contributed by atoms with Crippen LogP contribution >= 0.6 is 0 Å². The molecule has 0 fully saturated rings. The predicted molar refractivity (Wildman–Crippen MR) is 130 cm³/mol. The molecule has 11 nitrogen and oxygen atoms in total. The maximum absolute atomic E-state index is 14.5. The molecule has 1 aliphatic rings. The van der Waals surface area contributed by atoms with Crippen LogP contribution in [0.4, 0.5) is 43.0 Å². The second kappa shape index (κ2) is 9.20. The Morgan fingerprint density at radius 1 is 1.23 bits per heavy atom. The highest BCUT2D eigenvalue weighted by atomic mass is 19.1. The first-order valence-electron chi connectivity index (χ1n) is 11.1. The van der Waals surface area contributed by atoms with Crippen molar-refractivity contribution in [3.05, 3.63) is 47.5 Å². The minimum absolute atomic E-state index is 0.0982. The maximum atomic E-state index is 14.5. The average molecular weight is 483 g/mol. The molecule has 1 aliphatic heterocycles. The summed E-state index contributed by atoms with van der Waals surface area (Å²) in [5, 5.41) is 11.8. The lowest BCUT2D eigenvalue weighted by molar-refractivity contribution is 0.250. The number of urea groups is 2. The molecule has 12 heteroatoms. The highest BCUT2D eigenvalue weighted by Crippen LogP contribution is 2.32. The van der Waals surface area contributed by atoms with Crippen LogP contribution < -0.4 is 25.8 Å². The van der Waals surface area contributed by atoms with Crippen molar-refractivity contribution in [2.24, 2.45) is 0 Å². The molecule has 0 bridgehead atoms. The van der Waals surface area contributed by atoms with Crippen molar-refractivity contribution < 1.29 is 18.5 Å². The number of hydrogen-bond donors (Lipinski definition) is 3. The molecule has 1 aromatic carbocycles. The first-order chi connectivity index (χ1) is 16.6. The van der Waals surface area contributed by atoms with E-state index in [4.69, 9.17) is 4.52 Å². The third kappa shape index (κ3) is 4.86. The number of nitrogens with one attached hydrogen (secondary N) is 3. The molecule has 0 saturated heterocycles. The Kier molecular flexibility index (Phi) is 6.29. The van der Waals surface area contributed by atoms with E-state index in [1.165, 1.54) is 28.0 Å². The second-order valence-electron chi connectivity index (χ2n) is 8.98. The molecular formula is C23H27FN8O3. The lowest BCUT2D eigenvalue weighted by Gasteiger charge is -2.35. The standard InChI is InChI=1S/C23H27FN8O3/c1-6-31-19-13(11-26-20(25-5)29-19)12-32(22(31)34)14-7-8-15(24)16(9-14)27-21(33)28-18-10-17(30-35-18)23(2,3)4/h7-11H,6,12H2,1-5H3,(H,25,26,29)(H2,27,28,33). The van der Waals surface area contributed by atoms with Gasteiger partial charge in [0, 0.05) is 42.5 Å². The van der Waals surface area contributed by atoms with Crippen LogP contribution in [-0.2, 0) is 12.0 Å². The second-order valence-corrected chi connectivity index (χ2v) is 8.98. The zero-order valence-electron chi connectivity index (χ0n) is 20.1. The van der Waals surface area contributed by atoms with Crippen molar-refractivity contribution in [2.45, 2.75) is 39.7 Å². The van der Waals surface area contributed by atoms with Gasteiger partial charge in [0.1, 0.15) is 11.6 Å². The number of fused-ring (bicyclic) bond motifs is 1. The van der Waals surface area contributed by atoms with Gasteiger partial charge in [-0.2, -0.15) is 4.98 Å². The van der Waals surface area contributed by atoms with Crippen LogP contribution in [0.2, 0.25) is 0 Å². The van der Waals surface area contributed by atoms with Gasteiger partial charge in [0.2, 0.25) is 11.8 Å². The van der Waals surface area contributed by atoms with E-state index in [1.54, 1.807) is 19.3 Å². The number of halogens is 1. The summed E-state index contributed by atoms with van der Waals surface area (Å²) in [5.74, 6) is 0.404. The summed E-state index contributed by atoms with van der Waals surface area (Å²) in [6.07, 6.45) is 1.65. The molecule has 3 heterocycles. The van der Waals surface area contributed by atoms with Gasteiger partial charge in [-0.05, 0) is 25.1 Å². The molecule has 0 spiro atoms. The molecule has 3 N–H and O–H groups in total. The van der Waals surface area contributed by atoms with Gasteiger partial charge >= 0.3 is 12.1 Å². The molecule has 0 atom stereocenters. The number of carbonyl (C=O) groups excluding carboxylic acids is 2. The first kappa shape index (κ1) is 23.9. The highest BCUT2D eigenvalue weighted by molar-refractivity contribution is 6.06. The number of aromatic nitrogens is 3. The minimum atomic E-state index is -0.712. The number of amides is 4. The fourth-order valence-corrected chi connectivity index (χ4v) is 3.55. The summed E-state index contributed by atoms with van der Waals surface area (Å²) in [6.45, 7) is 8.29. The molecule has 0 saturated carbocycles. The van der Waals surface area contributed by atoms with E-state index in [-0.39, 0.29) is 29.6 Å². The molecule has 35 heavy (non-hydrogen) atoms. The van der Waals surface area contributed by atoms with E-state index in [0.29, 0.717) is 29.7 Å². The number of benzene rings is 1. The van der Waals surface area contributed by atoms with Gasteiger partial charge in [-0.3, -0.25) is 15.1 Å². The van der Waals surface area contributed by atoms with E-state index in [1.807, 2.05) is 27.7 Å². The number of anilines is 5. The fourth-order valence-electron chi connectivity index (χ4n) is 3.55. The molecule has 184 valence electrons. The Morgan fingerprint density at radius 2 is 2.00 bits per heavy atom. The van der Waals surface area contributed by atoms with Gasteiger partial charge in [0.25, 0.3) is 0 Å². The summed E-state index contributed by atoms with van der Waals surface area (Å²) in [7, 11) is 1.70. The SMILES string of the molecule is CCN1C(=O)N(c2ccc(F)c(NC(=O)Nc3cc(C(C)(C)C)no3)c2)Cc2cnc(NC)nc21. The lowest BCUT2D eigenvalue weighted by atomic mass is 9.92. The average Bonchev–Trinajstić information content (AvgIpc) is 3.29. The van der Waals surface area contributed by atoms with Crippen molar-refractivity contribution in [2.75, 3.05) is 39.3 Å². The van der Waals surface area contributed by atoms with Gasteiger partial charge in [-0.25, -0.2) is 19.0 Å². The Balaban J connectivity index is 1.55. The van der Waals surface area contributed by atoms with E-state index < -0.39 is 11.8 Å². The minimum Gasteiger partial charge on any atom is -0.357 e. The van der Waals surface area contributed by atoms with E-state index in [0.717, 1.165) is 5.56 Å². The number of rotatable bonds is 5. The summed E-state index contributed by atoms with van der Waals surface area (Å²) in [5.41, 5.74) is 1.45. The summed E-state index contributed by atoms with van der Waals surface area (Å²) in [6, 6.07) is 4.64. The van der Waals surface area contributed by atoms with Crippen LogP contribution in [0, 0.1) is 5.82 Å². The lowest BCUT2D eigenvalue weighted by Crippen LogP contribution is -2.48. The first-order valence-corrected chi connectivity index (χ1v) is 11.1. The van der Waals surface area contributed by atoms with Crippen LogP contribution in [0.25, 0.3) is 0 Å². The Hall–Kier alpha value is -4.22. The predicted octanol–water partition coefficient (Wildman–Crippen LogP) is 4.55. The van der Waals surface area contributed by atoms with Crippen molar-refractivity contribution in [1.82, 2.24) is 15.1 Å². The van der Waals surface area contributed by atoms with Gasteiger partial charge in [0.05, 0.1) is 17.9 Å². The highest BCUT2D eigenvalue weighted by Gasteiger charge is 2.32. The van der Waals surface area contributed by atoms with Crippen LogP contribution in [0.3, 0.4) is 0 Å². The van der Waals surface area contributed by atoms with Crippen molar-refractivity contribution in [3.63, 3.8) is 0 Å². The van der Waals surface area contributed by atoms with E-state index in [2.05, 4.69) is 31.1 Å². The summed E-state index contributed by atoms with van der Waals surface area (Å²) >= 11 is 0. The van der Waals surface area contributed by atoms with Gasteiger partial charge in [-0.1, -0.05) is 25.9 Å².